The number of aryl methyl sites for hydroxylation is 2. The van der Waals surface area contributed by atoms with Crippen LogP contribution in [0.25, 0.3) is 0 Å². The highest BCUT2D eigenvalue weighted by Crippen LogP contribution is 2.17. The lowest BCUT2D eigenvalue weighted by atomic mass is 10.2. The number of hydrogen-bond donors (Lipinski definition) is 0. The molecule has 0 amide bonds. The normalized spacial score (nSPS) is 11.6. The van der Waals surface area contributed by atoms with Crippen LogP contribution >= 0.6 is 11.6 Å². The second kappa shape index (κ2) is 4.32. The molecular formula is C10H13ClO2S. The van der Waals surface area contributed by atoms with Gasteiger partial charge in [0.05, 0.1) is 10.6 Å². The summed E-state index contributed by atoms with van der Waals surface area (Å²) in [5, 5.41) is 0. The molecule has 0 aliphatic heterocycles. The van der Waals surface area contributed by atoms with E-state index in [9.17, 15) is 8.42 Å². The molecule has 4 heteroatoms. The first-order chi connectivity index (χ1) is 6.47. The van der Waals surface area contributed by atoms with E-state index >= 15 is 0 Å². The number of sulfone groups is 1. The number of benzene rings is 1. The molecular weight excluding hydrogens is 220 g/mol. The summed E-state index contributed by atoms with van der Waals surface area (Å²) in [6.45, 7) is 3.74. The molecule has 0 fully saturated rings. The van der Waals surface area contributed by atoms with Crippen LogP contribution < -0.4 is 0 Å². The summed E-state index contributed by atoms with van der Waals surface area (Å²) in [5.41, 5.74) is 1.85. The molecule has 0 radical (unpaired) electrons. The average Bonchev–Trinajstić information content (AvgIpc) is 2.02. The Labute approximate surface area is 89.8 Å². The summed E-state index contributed by atoms with van der Waals surface area (Å²) in [5.74, 6) is 0.133. The van der Waals surface area contributed by atoms with Gasteiger partial charge in [0.15, 0.2) is 9.84 Å². The number of hydrogen-bond acceptors (Lipinski definition) is 2. The van der Waals surface area contributed by atoms with Gasteiger partial charge >= 0.3 is 0 Å². The van der Waals surface area contributed by atoms with Crippen molar-refractivity contribution in [2.24, 2.45) is 0 Å². The Morgan fingerprint density at radius 2 is 1.93 bits per heavy atom. The topological polar surface area (TPSA) is 34.1 Å². The van der Waals surface area contributed by atoms with Crippen LogP contribution in [0.3, 0.4) is 0 Å². The van der Waals surface area contributed by atoms with Crippen molar-refractivity contribution in [3.8, 4) is 0 Å². The van der Waals surface area contributed by atoms with Gasteiger partial charge in [-0.25, -0.2) is 8.42 Å². The van der Waals surface area contributed by atoms with E-state index < -0.39 is 9.84 Å². The molecule has 0 unspecified atom stereocenters. The fourth-order valence-electron chi connectivity index (χ4n) is 1.36. The zero-order valence-corrected chi connectivity index (χ0v) is 9.82. The van der Waals surface area contributed by atoms with Crippen LogP contribution in [-0.2, 0) is 9.84 Å². The Hall–Kier alpha value is -0.540. The third kappa shape index (κ3) is 2.49. The van der Waals surface area contributed by atoms with E-state index in [2.05, 4.69) is 0 Å². The third-order valence-corrected chi connectivity index (χ3v) is 4.29. The van der Waals surface area contributed by atoms with Crippen molar-refractivity contribution < 1.29 is 8.42 Å². The molecule has 0 aliphatic carbocycles. The summed E-state index contributed by atoms with van der Waals surface area (Å²) >= 11 is 5.44. The number of alkyl halides is 1. The Kier molecular flexibility index (Phi) is 3.56. The van der Waals surface area contributed by atoms with Gasteiger partial charge in [0.1, 0.15) is 0 Å². The zero-order valence-electron chi connectivity index (χ0n) is 8.25. The van der Waals surface area contributed by atoms with Crippen LogP contribution in [0.1, 0.15) is 11.1 Å². The van der Waals surface area contributed by atoms with Crippen LogP contribution in [0.4, 0.5) is 0 Å². The van der Waals surface area contributed by atoms with Gasteiger partial charge < -0.3 is 0 Å². The Morgan fingerprint density at radius 3 is 2.43 bits per heavy atom. The summed E-state index contributed by atoms with van der Waals surface area (Å²) in [7, 11) is -3.19. The van der Waals surface area contributed by atoms with Crippen LogP contribution in [-0.4, -0.2) is 20.1 Å². The molecule has 0 N–H and O–H groups in total. The predicted octanol–water partition coefficient (Wildman–Crippen LogP) is 2.32. The molecule has 0 saturated heterocycles. The molecule has 2 nitrogen and oxygen atoms in total. The molecule has 14 heavy (non-hydrogen) atoms. The van der Waals surface area contributed by atoms with Crippen LogP contribution in [0.5, 0.6) is 0 Å². The molecule has 0 heterocycles. The highest BCUT2D eigenvalue weighted by molar-refractivity contribution is 7.91. The first kappa shape index (κ1) is 11.5. The Morgan fingerprint density at radius 1 is 1.29 bits per heavy atom. The first-order valence-electron chi connectivity index (χ1n) is 4.33. The van der Waals surface area contributed by atoms with Gasteiger partial charge in [0.2, 0.25) is 0 Å². The largest absolute Gasteiger partial charge is 0.224 e. The fraction of sp³-hybridized carbons (Fsp3) is 0.400. The van der Waals surface area contributed by atoms with Crippen LogP contribution in [0.15, 0.2) is 23.1 Å². The van der Waals surface area contributed by atoms with Gasteiger partial charge in [0, 0.05) is 5.88 Å². The zero-order chi connectivity index (χ0) is 10.8. The average molecular weight is 233 g/mol. The van der Waals surface area contributed by atoms with Crippen LogP contribution in [0.2, 0.25) is 0 Å². The fourth-order valence-corrected chi connectivity index (χ4v) is 3.22. The number of rotatable bonds is 3. The van der Waals surface area contributed by atoms with E-state index in [0.29, 0.717) is 4.90 Å². The van der Waals surface area contributed by atoms with E-state index in [1.807, 2.05) is 13.0 Å². The van der Waals surface area contributed by atoms with Crippen molar-refractivity contribution in [3.63, 3.8) is 0 Å². The molecule has 0 aliphatic rings. The smallest absolute Gasteiger partial charge is 0.179 e. The highest BCUT2D eigenvalue weighted by atomic mass is 35.5. The predicted molar refractivity (Wildman–Crippen MR) is 58.7 cm³/mol. The lowest BCUT2D eigenvalue weighted by Crippen LogP contribution is -2.09. The van der Waals surface area contributed by atoms with E-state index in [1.165, 1.54) is 0 Å². The second-order valence-corrected chi connectivity index (χ2v) is 5.73. The van der Waals surface area contributed by atoms with Gasteiger partial charge in [0.25, 0.3) is 0 Å². The Bertz CT molecular complexity index is 424. The van der Waals surface area contributed by atoms with Gasteiger partial charge in [-0.1, -0.05) is 17.7 Å². The van der Waals surface area contributed by atoms with Crippen molar-refractivity contribution in [2.75, 3.05) is 11.6 Å². The molecule has 0 bridgehead atoms. The van der Waals surface area contributed by atoms with Crippen molar-refractivity contribution in [2.45, 2.75) is 18.7 Å². The number of halogens is 1. The van der Waals surface area contributed by atoms with Crippen molar-refractivity contribution in [3.05, 3.63) is 29.3 Å². The van der Waals surface area contributed by atoms with Gasteiger partial charge in [-0.05, 0) is 25.5 Å². The quantitative estimate of drug-likeness (QED) is 0.750. The summed E-state index contributed by atoms with van der Waals surface area (Å²) in [6.07, 6.45) is 0. The van der Waals surface area contributed by atoms with E-state index in [-0.39, 0.29) is 11.6 Å². The molecule has 1 rings (SSSR count). The second-order valence-electron chi connectivity index (χ2n) is 3.28. The lowest BCUT2D eigenvalue weighted by molar-refractivity contribution is 0.597. The summed E-state index contributed by atoms with van der Waals surface area (Å²) in [4.78, 5) is 0.392. The Balaban J connectivity index is 3.20. The summed E-state index contributed by atoms with van der Waals surface area (Å²) in [6, 6.07) is 5.31. The van der Waals surface area contributed by atoms with Gasteiger partial charge in [-0.2, -0.15) is 0 Å². The molecule has 1 aromatic rings. The van der Waals surface area contributed by atoms with Crippen molar-refractivity contribution in [1.29, 1.82) is 0 Å². The lowest BCUT2D eigenvalue weighted by Gasteiger charge is -2.06. The molecule has 1 aromatic carbocycles. The maximum absolute atomic E-state index is 11.7. The van der Waals surface area contributed by atoms with Crippen molar-refractivity contribution in [1.82, 2.24) is 0 Å². The van der Waals surface area contributed by atoms with E-state index in [4.69, 9.17) is 11.6 Å². The first-order valence-corrected chi connectivity index (χ1v) is 6.52. The minimum Gasteiger partial charge on any atom is -0.224 e. The molecule has 0 spiro atoms. The summed E-state index contributed by atoms with van der Waals surface area (Å²) < 4.78 is 23.4. The van der Waals surface area contributed by atoms with Crippen LogP contribution in [0, 0.1) is 13.8 Å². The monoisotopic (exact) mass is 232 g/mol. The molecule has 0 saturated carbocycles. The molecule has 0 atom stereocenters. The van der Waals surface area contributed by atoms with Gasteiger partial charge in [-0.3, -0.25) is 0 Å². The molecule has 78 valence electrons. The maximum Gasteiger partial charge on any atom is 0.179 e. The minimum absolute atomic E-state index is 0.00153. The van der Waals surface area contributed by atoms with E-state index in [0.717, 1.165) is 11.1 Å². The van der Waals surface area contributed by atoms with Crippen molar-refractivity contribution >= 4 is 21.4 Å². The SMILES string of the molecule is Cc1ccc(S(=O)(=O)CCCl)c(C)c1. The third-order valence-electron chi connectivity index (χ3n) is 2.01. The molecule has 0 aromatic heterocycles. The highest BCUT2D eigenvalue weighted by Gasteiger charge is 2.15. The van der Waals surface area contributed by atoms with E-state index in [1.54, 1.807) is 19.1 Å². The van der Waals surface area contributed by atoms with Gasteiger partial charge in [-0.15, -0.1) is 11.6 Å². The maximum atomic E-state index is 11.7. The standard InChI is InChI=1S/C10H13ClO2S/c1-8-3-4-10(9(2)7-8)14(12,13)6-5-11/h3-4,7H,5-6H2,1-2H3. The minimum atomic E-state index is -3.19.